The number of guanidine groups is 1. The molecule has 1 aliphatic heterocycles. The molecule has 0 radical (unpaired) electrons. The molecule has 0 spiro atoms. The van der Waals surface area contributed by atoms with Gasteiger partial charge in [-0.05, 0) is 31.5 Å². The lowest BCUT2D eigenvalue weighted by molar-refractivity contribution is 0.0954. The molecule has 26 heavy (non-hydrogen) atoms. The lowest BCUT2D eigenvalue weighted by Gasteiger charge is -2.15. The van der Waals surface area contributed by atoms with Gasteiger partial charge in [-0.3, -0.25) is 9.79 Å². The van der Waals surface area contributed by atoms with Gasteiger partial charge in [0.2, 0.25) is 0 Å². The lowest BCUT2D eigenvalue weighted by atomic mass is 10.2. The predicted octanol–water partition coefficient (Wildman–Crippen LogP) is 0.167. The number of aliphatic imine (C=N–C) groups is 1. The Morgan fingerprint density at radius 3 is 2.81 bits per heavy atom. The maximum atomic E-state index is 12.1. The van der Waals surface area contributed by atoms with E-state index in [2.05, 4.69) is 20.9 Å². The van der Waals surface area contributed by atoms with Gasteiger partial charge in [0.15, 0.2) is 15.8 Å². The number of nitrogens with one attached hydrogen (secondary N) is 3. The van der Waals surface area contributed by atoms with E-state index in [1.165, 1.54) is 0 Å². The molecular formula is C17H26N4O4S. The van der Waals surface area contributed by atoms with Crippen LogP contribution in [0.3, 0.4) is 0 Å². The van der Waals surface area contributed by atoms with E-state index >= 15 is 0 Å². The molecule has 1 unspecified atom stereocenters. The zero-order valence-corrected chi connectivity index (χ0v) is 15.9. The first-order chi connectivity index (χ1) is 12.4. The smallest absolute Gasteiger partial charge is 0.251 e. The van der Waals surface area contributed by atoms with Gasteiger partial charge in [-0.2, -0.15) is 0 Å². The first-order valence-corrected chi connectivity index (χ1v) is 10.4. The second-order valence-corrected chi connectivity index (χ2v) is 8.22. The van der Waals surface area contributed by atoms with Crippen LogP contribution >= 0.6 is 0 Å². The zero-order valence-electron chi connectivity index (χ0n) is 15.1. The fraction of sp³-hybridized carbons (Fsp3) is 0.529. The van der Waals surface area contributed by atoms with E-state index in [4.69, 9.17) is 4.74 Å². The Morgan fingerprint density at radius 2 is 2.15 bits per heavy atom. The summed E-state index contributed by atoms with van der Waals surface area (Å²) < 4.78 is 28.2. The SMILES string of the molecule is CCNC(=NCCNC(=O)c1cccc(OC)c1)NC1CCS(=O)(=O)C1. The number of carbonyl (C=O) groups is 1. The summed E-state index contributed by atoms with van der Waals surface area (Å²) in [6, 6.07) is 6.80. The first-order valence-electron chi connectivity index (χ1n) is 8.61. The normalized spacial score (nSPS) is 19.0. The largest absolute Gasteiger partial charge is 0.497 e. The van der Waals surface area contributed by atoms with E-state index in [1.807, 2.05) is 6.92 Å². The number of sulfone groups is 1. The highest BCUT2D eigenvalue weighted by Crippen LogP contribution is 2.12. The van der Waals surface area contributed by atoms with Crippen molar-refractivity contribution in [2.24, 2.45) is 4.99 Å². The van der Waals surface area contributed by atoms with Crippen molar-refractivity contribution in [2.45, 2.75) is 19.4 Å². The minimum absolute atomic E-state index is 0.121. The quantitative estimate of drug-likeness (QED) is 0.352. The number of benzene rings is 1. The Labute approximate surface area is 154 Å². The molecule has 1 aromatic carbocycles. The van der Waals surface area contributed by atoms with Crippen LogP contribution in [0.4, 0.5) is 0 Å². The average Bonchev–Trinajstić information content (AvgIpc) is 2.97. The monoisotopic (exact) mass is 382 g/mol. The van der Waals surface area contributed by atoms with E-state index < -0.39 is 9.84 Å². The van der Waals surface area contributed by atoms with Crippen LogP contribution in [0.2, 0.25) is 0 Å². The average molecular weight is 382 g/mol. The van der Waals surface area contributed by atoms with Crippen LogP contribution in [0.15, 0.2) is 29.3 Å². The number of methoxy groups -OCH3 is 1. The standard InChI is InChI=1S/C17H26N4O4S/c1-3-18-17(21-14-7-10-26(23,24)12-14)20-9-8-19-16(22)13-5-4-6-15(11-13)25-2/h4-6,11,14H,3,7-10,12H2,1-2H3,(H,19,22)(H2,18,20,21). The van der Waals surface area contributed by atoms with Gasteiger partial charge < -0.3 is 20.7 Å². The fourth-order valence-corrected chi connectivity index (χ4v) is 4.30. The highest BCUT2D eigenvalue weighted by Gasteiger charge is 2.28. The first kappa shape index (κ1) is 20.0. The van der Waals surface area contributed by atoms with Crippen molar-refractivity contribution in [1.82, 2.24) is 16.0 Å². The second kappa shape index (κ2) is 9.42. The van der Waals surface area contributed by atoms with Crippen LogP contribution in [0.5, 0.6) is 5.75 Å². The van der Waals surface area contributed by atoms with Crippen LogP contribution in [-0.4, -0.2) is 64.6 Å². The van der Waals surface area contributed by atoms with Gasteiger partial charge in [0.05, 0.1) is 25.2 Å². The number of ether oxygens (including phenoxy) is 1. The number of amides is 1. The van der Waals surface area contributed by atoms with Crippen LogP contribution in [0, 0.1) is 0 Å². The van der Waals surface area contributed by atoms with E-state index in [0.29, 0.717) is 43.3 Å². The van der Waals surface area contributed by atoms with Gasteiger partial charge in [0.1, 0.15) is 5.75 Å². The molecule has 2 rings (SSSR count). The van der Waals surface area contributed by atoms with Crippen LogP contribution in [-0.2, 0) is 9.84 Å². The number of rotatable bonds is 7. The molecule has 0 bridgehead atoms. The second-order valence-electron chi connectivity index (χ2n) is 5.99. The maximum Gasteiger partial charge on any atom is 0.251 e. The highest BCUT2D eigenvalue weighted by molar-refractivity contribution is 7.91. The summed E-state index contributed by atoms with van der Waals surface area (Å²) in [7, 11) is -1.39. The van der Waals surface area contributed by atoms with Gasteiger partial charge in [0.25, 0.3) is 5.91 Å². The number of hydrogen-bond acceptors (Lipinski definition) is 5. The highest BCUT2D eigenvalue weighted by atomic mass is 32.2. The Kier molecular flexibility index (Phi) is 7.26. The Bertz CT molecular complexity index is 749. The van der Waals surface area contributed by atoms with Gasteiger partial charge in [0, 0.05) is 24.7 Å². The Balaban J connectivity index is 1.82. The number of nitrogens with zero attached hydrogens (tertiary/aromatic N) is 1. The Hall–Kier alpha value is -2.29. The summed E-state index contributed by atoms with van der Waals surface area (Å²) in [5, 5.41) is 9.03. The summed E-state index contributed by atoms with van der Waals surface area (Å²) in [5.41, 5.74) is 0.523. The van der Waals surface area contributed by atoms with Gasteiger partial charge >= 0.3 is 0 Å². The molecule has 1 amide bonds. The minimum atomic E-state index is -2.94. The Morgan fingerprint density at radius 1 is 1.35 bits per heavy atom. The molecule has 1 heterocycles. The molecule has 1 fully saturated rings. The molecule has 1 aliphatic rings. The van der Waals surface area contributed by atoms with E-state index in [-0.39, 0.29) is 23.5 Å². The molecular weight excluding hydrogens is 356 g/mol. The minimum Gasteiger partial charge on any atom is -0.497 e. The number of hydrogen-bond donors (Lipinski definition) is 3. The van der Waals surface area contributed by atoms with E-state index in [0.717, 1.165) is 0 Å². The third kappa shape index (κ3) is 6.21. The molecule has 0 aliphatic carbocycles. The molecule has 0 aromatic heterocycles. The zero-order chi connectivity index (χ0) is 19.0. The van der Waals surface area contributed by atoms with E-state index in [1.54, 1.807) is 31.4 Å². The van der Waals surface area contributed by atoms with Gasteiger partial charge in [-0.1, -0.05) is 6.07 Å². The third-order valence-electron chi connectivity index (χ3n) is 3.92. The molecule has 1 atom stereocenters. The predicted molar refractivity (Wildman–Crippen MR) is 102 cm³/mol. The molecule has 0 saturated carbocycles. The summed E-state index contributed by atoms with van der Waals surface area (Å²) in [6.07, 6.45) is 0.583. The molecule has 3 N–H and O–H groups in total. The summed E-state index contributed by atoms with van der Waals surface area (Å²) >= 11 is 0. The molecule has 9 heteroatoms. The topological polar surface area (TPSA) is 109 Å². The maximum absolute atomic E-state index is 12.1. The lowest BCUT2D eigenvalue weighted by Crippen LogP contribution is -2.44. The van der Waals surface area contributed by atoms with E-state index in [9.17, 15) is 13.2 Å². The van der Waals surface area contributed by atoms with Crippen molar-refractivity contribution in [3.8, 4) is 5.75 Å². The third-order valence-corrected chi connectivity index (χ3v) is 5.68. The fourth-order valence-electron chi connectivity index (χ4n) is 2.63. The number of carbonyl (C=O) groups excluding carboxylic acids is 1. The van der Waals surface area contributed by atoms with Crippen molar-refractivity contribution in [1.29, 1.82) is 0 Å². The summed E-state index contributed by atoms with van der Waals surface area (Å²) in [5.74, 6) is 1.33. The summed E-state index contributed by atoms with van der Waals surface area (Å²) in [4.78, 5) is 16.5. The molecule has 8 nitrogen and oxygen atoms in total. The molecule has 1 saturated heterocycles. The summed E-state index contributed by atoms with van der Waals surface area (Å²) in [6.45, 7) is 3.36. The van der Waals surface area contributed by atoms with Crippen LogP contribution in [0.25, 0.3) is 0 Å². The van der Waals surface area contributed by atoms with Gasteiger partial charge in [-0.15, -0.1) is 0 Å². The van der Waals surface area contributed by atoms with Crippen molar-refractivity contribution < 1.29 is 17.9 Å². The van der Waals surface area contributed by atoms with Crippen molar-refractivity contribution in [3.05, 3.63) is 29.8 Å². The van der Waals surface area contributed by atoms with Crippen molar-refractivity contribution >= 4 is 21.7 Å². The van der Waals surface area contributed by atoms with Crippen molar-refractivity contribution in [3.63, 3.8) is 0 Å². The molecule has 144 valence electrons. The van der Waals surface area contributed by atoms with Crippen LogP contribution < -0.4 is 20.7 Å². The van der Waals surface area contributed by atoms with Crippen LogP contribution in [0.1, 0.15) is 23.7 Å². The molecule has 1 aromatic rings. The van der Waals surface area contributed by atoms with Gasteiger partial charge in [-0.25, -0.2) is 8.42 Å². The van der Waals surface area contributed by atoms with Crippen molar-refractivity contribution in [2.75, 3.05) is 38.2 Å².